The molecule has 2 aromatic heterocycles. The summed E-state index contributed by atoms with van der Waals surface area (Å²) in [7, 11) is 0. The van der Waals surface area contributed by atoms with E-state index in [0.717, 1.165) is 0 Å². The van der Waals surface area contributed by atoms with Gasteiger partial charge in [0.15, 0.2) is 17.7 Å². The molecular formula is C17H17Cl2N7O4. The molecule has 1 aliphatic rings. The number of aliphatic hydroxyl groups is 3. The van der Waals surface area contributed by atoms with Crippen molar-refractivity contribution in [3.63, 3.8) is 0 Å². The SMILES string of the molecule is Nc1nc(N/N=C/c2ccc(Cl)c(Cl)c2)nc2c1ncn2[C@@H]1O[C@H](CO)[C@@H](O)[C@H]1O. The lowest BCUT2D eigenvalue weighted by Gasteiger charge is -2.16. The Morgan fingerprint density at radius 1 is 1.23 bits per heavy atom. The standard InChI is InChI=1S/C17H17Cl2N7O4/c18-8-2-1-7(3-9(8)19)4-22-25-17-23-14(20)11-15(24-17)26(6-21-11)16-13(29)12(28)10(5-27)30-16/h1-4,6,10,12-13,16,27-29H,5H2,(H3,20,23,24,25)/b22-4+/t10-,12-,13-,16-/m1/s1. The zero-order chi connectivity index (χ0) is 21.4. The van der Waals surface area contributed by atoms with Gasteiger partial charge in [0.1, 0.15) is 23.8 Å². The minimum atomic E-state index is -1.29. The van der Waals surface area contributed by atoms with Crippen LogP contribution in [0.4, 0.5) is 11.8 Å². The molecule has 3 heterocycles. The molecule has 1 aliphatic heterocycles. The first-order valence-corrected chi connectivity index (χ1v) is 9.51. The third kappa shape index (κ3) is 3.78. The van der Waals surface area contributed by atoms with Crippen molar-refractivity contribution >= 4 is 52.3 Å². The first kappa shape index (κ1) is 20.7. The number of rotatable bonds is 5. The van der Waals surface area contributed by atoms with Crippen LogP contribution >= 0.6 is 23.2 Å². The molecule has 1 aromatic carbocycles. The molecule has 0 bridgehead atoms. The maximum absolute atomic E-state index is 10.3. The predicted molar refractivity (Wildman–Crippen MR) is 110 cm³/mol. The van der Waals surface area contributed by atoms with E-state index in [0.29, 0.717) is 15.6 Å². The van der Waals surface area contributed by atoms with Gasteiger partial charge in [-0.1, -0.05) is 29.3 Å². The largest absolute Gasteiger partial charge is 0.394 e. The Balaban J connectivity index is 1.60. The average Bonchev–Trinajstić information content (AvgIpc) is 3.26. The van der Waals surface area contributed by atoms with E-state index in [4.69, 9.17) is 33.7 Å². The van der Waals surface area contributed by atoms with Crippen LogP contribution < -0.4 is 11.2 Å². The van der Waals surface area contributed by atoms with Crippen LogP contribution in [0.5, 0.6) is 0 Å². The van der Waals surface area contributed by atoms with Gasteiger partial charge in [-0.05, 0) is 17.7 Å². The van der Waals surface area contributed by atoms with Crippen LogP contribution in [-0.4, -0.2) is 66.0 Å². The molecule has 0 amide bonds. The van der Waals surface area contributed by atoms with E-state index in [1.165, 1.54) is 17.1 Å². The summed E-state index contributed by atoms with van der Waals surface area (Å²) in [5, 5.41) is 34.4. The van der Waals surface area contributed by atoms with Crippen molar-refractivity contribution in [2.24, 2.45) is 5.10 Å². The molecular weight excluding hydrogens is 437 g/mol. The van der Waals surface area contributed by atoms with Crippen molar-refractivity contribution in [2.75, 3.05) is 17.8 Å². The van der Waals surface area contributed by atoms with Crippen LogP contribution in [0.1, 0.15) is 11.8 Å². The number of halogens is 2. The predicted octanol–water partition coefficient (Wildman–Crippen LogP) is 0.773. The Labute approximate surface area is 179 Å². The van der Waals surface area contributed by atoms with Gasteiger partial charge in [-0.15, -0.1) is 0 Å². The molecule has 6 N–H and O–H groups in total. The van der Waals surface area contributed by atoms with Crippen LogP contribution in [0.25, 0.3) is 11.2 Å². The summed E-state index contributed by atoms with van der Waals surface area (Å²) in [6.07, 6.45) is -1.64. The quantitative estimate of drug-likeness (QED) is 0.277. The van der Waals surface area contributed by atoms with E-state index >= 15 is 0 Å². The van der Waals surface area contributed by atoms with Crippen LogP contribution in [0.2, 0.25) is 10.0 Å². The van der Waals surface area contributed by atoms with Gasteiger partial charge in [0, 0.05) is 0 Å². The third-order valence-electron chi connectivity index (χ3n) is 4.56. The summed E-state index contributed by atoms with van der Waals surface area (Å²) in [5.74, 6) is 0.155. The van der Waals surface area contributed by atoms with E-state index in [2.05, 4.69) is 25.5 Å². The van der Waals surface area contributed by atoms with E-state index in [1.54, 1.807) is 18.2 Å². The zero-order valence-electron chi connectivity index (χ0n) is 15.2. The average molecular weight is 454 g/mol. The molecule has 4 rings (SSSR count). The Morgan fingerprint density at radius 2 is 2.03 bits per heavy atom. The molecule has 0 aliphatic carbocycles. The Bertz CT molecular complexity index is 1110. The number of nitrogen functional groups attached to an aromatic ring is 1. The van der Waals surface area contributed by atoms with Crippen molar-refractivity contribution in [3.8, 4) is 0 Å². The summed E-state index contributed by atoms with van der Waals surface area (Å²) in [6, 6.07) is 5.02. The van der Waals surface area contributed by atoms with Crippen molar-refractivity contribution in [1.29, 1.82) is 0 Å². The van der Waals surface area contributed by atoms with E-state index < -0.39 is 31.1 Å². The zero-order valence-corrected chi connectivity index (χ0v) is 16.7. The molecule has 4 atom stereocenters. The molecule has 1 saturated heterocycles. The summed E-state index contributed by atoms with van der Waals surface area (Å²) in [5.41, 5.74) is 9.86. The van der Waals surface area contributed by atoms with E-state index in [1.807, 2.05) is 0 Å². The van der Waals surface area contributed by atoms with Crippen molar-refractivity contribution < 1.29 is 20.1 Å². The molecule has 30 heavy (non-hydrogen) atoms. The molecule has 0 unspecified atom stereocenters. The number of nitrogens with two attached hydrogens (primary N) is 1. The van der Waals surface area contributed by atoms with Gasteiger partial charge >= 0.3 is 0 Å². The number of ether oxygens (including phenoxy) is 1. The van der Waals surface area contributed by atoms with Crippen LogP contribution in [0.15, 0.2) is 29.6 Å². The summed E-state index contributed by atoms with van der Waals surface area (Å²) < 4.78 is 6.93. The molecule has 11 nitrogen and oxygen atoms in total. The van der Waals surface area contributed by atoms with E-state index in [-0.39, 0.29) is 22.9 Å². The number of aromatic nitrogens is 4. The lowest BCUT2D eigenvalue weighted by molar-refractivity contribution is -0.0511. The molecule has 0 radical (unpaired) electrons. The number of benzene rings is 1. The second-order valence-electron chi connectivity index (χ2n) is 6.53. The number of nitrogens with zero attached hydrogens (tertiary/aromatic N) is 5. The van der Waals surface area contributed by atoms with Gasteiger partial charge in [-0.2, -0.15) is 15.1 Å². The maximum atomic E-state index is 10.3. The molecule has 0 spiro atoms. The van der Waals surface area contributed by atoms with Crippen molar-refractivity contribution in [2.45, 2.75) is 24.5 Å². The van der Waals surface area contributed by atoms with Gasteiger partial charge < -0.3 is 25.8 Å². The number of hydrogen-bond donors (Lipinski definition) is 5. The monoisotopic (exact) mass is 453 g/mol. The number of imidazole rings is 1. The van der Waals surface area contributed by atoms with Gasteiger partial charge in [-0.25, -0.2) is 10.4 Å². The van der Waals surface area contributed by atoms with Crippen molar-refractivity contribution in [3.05, 3.63) is 40.1 Å². The highest BCUT2D eigenvalue weighted by atomic mass is 35.5. The number of aliphatic hydroxyl groups excluding tert-OH is 3. The molecule has 0 saturated carbocycles. The lowest BCUT2D eigenvalue weighted by atomic mass is 10.1. The van der Waals surface area contributed by atoms with E-state index in [9.17, 15) is 15.3 Å². The third-order valence-corrected chi connectivity index (χ3v) is 5.30. The minimum Gasteiger partial charge on any atom is -0.394 e. The normalized spacial score (nSPS) is 24.2. The summed E-state index contributed by atoms with van der Waals surface area (Å²) in [6.45, 7) is -0.450. The number of nitrogens with one attached hydrogen (secondary N) is 1. The Hall–Kier alpha value is -2.54. The van der Waals surface area contributed by atoms with Gasteiger partial charge in [-0.3, -0.25) is 4.57 Å². The van der Waals surface area contributed by atoms with Crippen molar-refractivity contribution in [1.82, 2.24) is 19.5 Å². The molecule has 13 heteroatoms. The first-order chi connectivity index (χ1) is 14.4. The first-order valence-electron chi connectivity index (χ1n) is 8.75. The van der Waals surface area contributed by atoms with Crippen LogP contribution in [0.3, 0.4) is 0 Å². The molecule has 3 aromatic rings. The van der Waals surface area contributed by atoms with Gasteiger partial charge in [0.25, 0.3) is 0 Å². The Morgan fingerprint density at radius 3 is 2.73 bits per heavy atom. The number of hydrogen-bond acceptors (Lipinski definition) is 10. The second-order valence-corrected chi connectivity index (χ2v) is 7.34. The highest BCUT2D eigenvalue weighted by Gasteiger charge is 2.44. The smallest absolute Gasteiger partial charge is 0.247 e. The lowest BCUT2D eigenvalue weighted by Crippen LogP contribution is -2.33. The Kier molecular flexibility index (Phi) is 5.73. The highest BCUT2D eigenvalue weighted by Crippen LogP contribution is 2.32. The number of hydrazone groups is 1. The number of fused-ring (bicyclic) bond motifs is 1. The van der Waals surface area contributed by atoms with Gasteiger partial charge in [0.05, 0.1) is 29.2 Å². The minimum absolute atomic E-state index is 0.0739. The van der Waals surface area contributed by atoms with Crippen LogP contribution in [0, 0.1) is 0 Å². The second kappa shape index (κ2) is 8.30. The van der Waals surface area contributed by atoms with Gasteiger partial charge in [0.2, 0.25) is 5.95 Å². The molecule has 1 fully saturated rings. The van der Waals surface area contributed by atoms with Crippen LogP contribution in [-0.2, 0) is 4.74 Å². The maximum Gasteiger partial charge on any atom is 0.247 e. The highest BCUT2D eigenvalue weighted by molar-refractivity contribution is 6.42. The fourth-order valence-electron chi connectivity index (χ4n) is 3.04. The molecule has 158 valence electrons. The topological polar surface area (TPSA) is 164 Å². The fourth-order valence-corrected chi connectivity index (χ4v) is 3.35. The summed E-state index contributed by atoms with van der Waals surface area (Å²) in [4.78, 5) is 12.6. The fraction of sp³-hybridized carbons (Fsp3) is 0.294. The summed E-state index contributed by atoms with van der Waals surface area (Å²) >= 11 is 11.9. The number of anilines is 2.